The van der Waals surface area contributed by atoms with Gasteiger partial charge in [-0.05, 0) is 18.2 Å². The molecule has 0 atom stereocenters. The summed E-state index contributed by atoms with van der Waals surface area (Å²) in [5, 5.41) is 12.0. The third kappa shape index (κ3) is 2.72. The molecule has 0 aliphatic heterocycles. The molecule has 1 aromatic heterocycles. The second kappa shape index (κ2) is 5.61. The van der Waals surface area contributed by atoms with E-state index in [1.165, 1.54) is 12.1 Å². The highest BCUT2D eigenvalue weighted by Gasteiger charge is 2.08. The van der Waals surface area contributed by atoms with Gasteiger partial charge >= 0.3 is 0 Å². The van der Waals surface area contributed by atoms with Gasteiger partial charge in [0.2, 0.25) is 5.95 Å². The van der Waals surface area contributed by atoms with E-state index in [-0.39, 0.29) is 5.56 Å². The Labute approximate surface area is 117 Å². The molecule has 0 saturated carbocycles. The minimum atomic E-state index is -0.506. The van der Waals surface area contributed by atoms with E-state index in [1.807, 2.05) is 36.7 Å². The molecule has 2 aromatic rings. The molecule has 0 amide bonds. The van der Waals surface area contributed by atoms with Crippen LogP contribution in [0.2, 0.25) is 0 Å². The van der Waals surface area contributed by atoms with E-state index < -0.39 is 5.82 Å². The minimum Gasteiger partial charge on any atom is -0.379 e. The lowest BCUT2D eigenvalue weighted by Crippen LogP contribution is -2.15. The van der Waals surface area contributed by atoms with Gasteiger partial charge in [0, 0.05) is 26.8 Å². The lowest BCUT2D eigenvalue weighted by molar-refractivity contribution is 0.624. The van der Waals surface area contributed by atoms with Crippen molar-refractivity contribution < 1.29 is 4.39 Å². The van der Waals surface area contributed by atoms with Gasteiger partial charge in [-0.2, -0.15) is 5.26 Å². The van der Waals surface area contributed by atoms with Crippen molar-refractivity contribution in [3.05, 3.63) is 41.5 Å². The molecule has 0 spiro atoms. The smallest absolute Gasteiger partial charge is 0.204 e. The van der Waals surface area contributed by atoms with Crippen LogP contribution < -0.4 is 10.2 Å². The van der Waals surface area contributed by atoms with Crippen molar-refractivity contribution in [1.29, 1.82) is 5.26 Å². The van der Waals surface area contributed by atoms with Crippen LogP contribution >= 0.6 is 0 Å². The van der Waals surface area contributed by atoms with Crippen molar-refractivity contribution in [2.45, 2.75) is 6.54 Å². The molecule has 2 rings (SSSR count). The average Bonchev–Trinajstić information content (AvgIpc) is 2.79. The van der Waals surface area contributed by atoms with Crippen molar-refractivity contribution in [2.24, 2.45) is 7.05 Å². The molecule has 1 heterocycles. The van der Waals surface area contributed by atoms with Gasteiger partial charge in [-0.25, -0.2) is 9.37 Å². The first-order valence-corrected chi connectivity index (χ1v) is 6.14. The molecule has 0 fully saturated rings. The molecule has 104 valence electrons. The molecular weight excluding hydrogens is 257 g/mol. The summed E-state index contributed by atoms with van der Waals surface area (Å²) in [4.78, 5) is 6.24. The molecule has 0 aliphatic carbocycles. The van der Waals surface area contributed by atoms with E-state index in [0.29, 0.717) is 12.2 Å². The van der Waals surface area contributed by atoms with Crippen molar-refractivity contribution >= 4 is 11.6 Å². The first-order valence-electron chi connectivity index (χ1n) is 6.14. The van der Waals surface area contributed by atoms with Crippen LogP contribution in [0, 0.1) is 17.1 Å². The van der Waals surface area contributed by atoms with Gasteiger partial charge in [0.15, 0.2) is 0 Å². The van der Waals surface area contributed by atoms with E-state index in [2.05, 4.69) is 10.3 Å². The Morgan fingerprint density at radius 1 is 1.45 bits per heavy atom. The molecule has 1 aromatic carbocycles. The number of nitriles is 1. The Kier molecular flexibility index (Phi) is 3.89. The Bertz CT molecular complexity index is 654. The maximum Gasteiger partial charge on any atom is 0.204 e. The number of hydrogen-bond acceptors (Lipinski definition) is 4. The van der Waals surface area contributed by atoms with Crippen LogP contribution in [0.15, 0.2) is 24.4 Å². The van der Waals surface area contributed by atoms with Gasteiger partial charge in [-0.1, -0.05) is 0 Å². The fourth-order valence-corrected chi connectivity index (χ4v) is 1.93. The monoisotopic (exact) mass is 273 g/mol. The summed E-state index contributed by atoms with van der Waals surface area (Å²) in [6, 6.07) is 6.22. The topological polar surface area (TPSA) is 56.9 Å². The van der Waals surface area contributed by atoms with Gasteiger partial charge in [-0.15, -0.1) is 0 Å². The highest BCUT2D eigenvalue weighted by atomic mass is 19.1. The summed E-state index contributed by atoms with van der Waals surface area (Å²) < 4.78 is 15.2. The summed E-state index contributed by atoms with van der Waals surface area (Å²) in [7, 11) is 5.79. The number of nitrogens with one attached hydrogen (secondary N) is 1. The zero-order valence-corrected chi connectivity index (χ0v) is 11.7. The molecule has 0 bridgehead atoms. The first kappa shape index (κ1) is 13.9. The van der Waals surface area contributed by atoms with Crippen LogP contribution in [0.3, 0.4) is 0 Å². The Morgan fingerprint density at radius 3 is 2.80 bits per heavy atom. The summed E-state index contributed by atoms with van der Waals surface area (Å²) in [5.41, 5.74) is 1.74. The van der Waals surface area contributed by atoms with Crippen LogP contribution in [0.25, 0.3) is 0 Å². The number of halogens is 1. The lowest BCUT2D eigenvalue weighted by Gasteiger charge is -2.13. The lowest BCUT2D eigenvalue weighted by atomic mass is 10.2. The zero-order valence-electron chi connectivity index (χ0n) is 11.7. The quantitative estimate of drug-likeness (QED) is 0.927. The Hall–Kier alpha value is -2.55. The molecule has 20 heavy (non-hydrogen) atoms. The number of rotatable bonds is 4. The molecule has 0 unspecified atom stereocenters. The number of benzene rings is 1. The van der Waals surface area contributed by atoms with Crippen LogP contribution in [0.1, 0.15) is 11.3 Å². The van der Waals surface area contributed by atoms with Crippen molar-refractivity contribution in [3.63, 3.8) is 0 Å². The number of imidazole rings is 1. The number of anilines is 2. The van der Waals surface area contributed by atoms with E-state index >= 15 is 0 Å². The standard InChI is InChI=1S/C14H16FN5/c1-19(2)14-18-9-12(20(14)3)8-17-11-4-5-13(15)10(6-11)7-16/h4-6,9,17H,8H2,1-3H3. The summed E-state index contributed by atoms with van der Waals surface area (Å²) in [6.07, 6.45) is 1.79. The van der Waals surface area contributed by atoms with Crippen molar-refractivity contribution in [1.82, 2.24) is 9.55 Å². The van der Waals surface area contributed by atoms with Crippen LogP contribution in [-0.4, -0.2) is 23.6 Å². The normalized spacial score (nSPS) is 10.2. The average molecular weight is 273 g/mol. The highest BCUT2D eigenvalue weighted by molar-refractivity contribution is 5.50. The van der Waals surface area contributed by atoms with Gasteiger partial charge < -0.3 is 14.8 Å². The summed E-state index contributed by atoms with van der Waals surface area (Å²) >= 11 is 0. The van der Waals surface area contributed by atoms with Crippen LogP contribution in [0.5, 0.6) is 0 Å². The molecule has 5 nitrogen and oxygen atoms in total. The molecule has 0 aliphatic rings. The maximum atomic E-state index is 13.2. The number of aromatic nitrogens is 2. The molecule has 6 heteroatoms. The first-order chi connectivity index (χ1) is 9.52. The third-order valence-electron chi connectivity index (χ3n) is 3.02. The fraction of sp³-hybridized carbons (Fsp3) is 0.286. The maximum absolute atomic E-state index is 13.2. The van der Waals surface area contributed by atoms with Gasteiger partial charge in [-0.3, -0.25) is 0 Å². The molecule has 0 radical (unpaired) electrons. The van der Waals surface area contributed by atoms with E-state index in [9.17, 15) is 4.39 Å². The SMILES string of the molecule is CN(C)c1ncc(CNc2ccc(F)c(C#N)c2)n1C. The van der Waals surface area contributed by atoms with Crippen LogP contribution in [0.4, 0.5) is 16.0 Å². The molecular formula is C14H16FN5. The zero-order chi connectivity index (χ0) is 14.7. The number of hydrogen-bond donors (Lipinski definition) is 1. The third-order valence-corrected chi connectivity index (χ3v) is 3.02. The number of nitrogens with zero attached hydrogens (tertiary/aromatic N) is 4. The fourth-order valence-electron chi connectivity index (χ4n) is 1.93. The summed E-state index contributed by atoms with van der Waals surface area (Å²) in [6.45, 7) is 0.549. The predicted octanol–water partition coefficient (Wildman–Crippen LogP) is 2.11. The molecule has 1 N–H and O–H groups in total. The van der Waals surface area contributed by atoms with E-state index in [4.69, 9.17) is 5.26 Å². The Morgan fingerprint density at radius 2 is 2.20 bits per heavy atom. The van der Waals surface area contributed by atoms with Gasteiger partial charge in [0.25, 0.3) is 0 Å². The molecule has 0 saturated heterocycles. The van der Waals surface area contributed by atoms with E-state index in [0.717, 1.165) is 11.6 Å². The Balaban J connectivity index is 2.11. The van der Waals surface area contributed by atoms with Crippen LogP contribution in [-0.2, 0) is 13.6 Å². The predicted molar refractivity (Wildman–Crippen MR) is 76.0 cm³/mol. The minimum absolute atomic E-state index is 0.0361. The van der Waals surface area contributed by atoms with Crippen molar-refractivity contribution in [3.8, 4) is 6.07 Å². The highest BCUT2D eigenvalue weighted by Crippen LogP contribution is 2.16. The van der Waals surface area contributed by atoms with Gasteiger partial charge in [0.1, 0.15) is 11.9 Å². The van der Waals surface area contributed by atoms with E-state index in [1.54, 1.807) is 12.3 Å². The summed E-state index contributed by atoms with van der Waals surface area (Å²) in [5.74, 6) is 0.354. The largest absolute Gasteiger partial charge is 0.379 e. The second-order valence-electron chi connectivity index (χ2n) is 4.66. The van der Waals surface area contributed by atoms with Gasteiger partial charge in [0.05, 0.1) is 24.0 Å². The second-order valence-corrected chi connectivity index (χ2v) is 4.66. The van der Waals surface area contributed by atoms with Crippen molar-refractivity contribution in [2.75, 3.05) is 24.3 Å².